The fraction of sp³-hybridized carbons (Fsp3) is 0.364. The molecule has 1 aromatic heterocycles. The van der Waals surface area contributed by atoms with Gasteiger partial charge in [0.05, 0.1) is 5.52 Å². The molecule has 0 amide bonds. The Hall–Kier alpha value is -1.51. The normalized spacial score (nSPS) is 11.4. The van der Waals surface area contributed by atoms with Gasteiger partial charge in [-0.1, -0.05) is 13.8 Å². The molecule has 3 nitrogen and oxygen atoms in total. The summed E-state index contributed by atoms with van der Waals surface area (Å²) >= 11 is 0. The molecule has 14 heavy (non-hydrogen) atoms. The molecule has 0 spiro atoms. The molecule has 0 unspecified atom stereocenters. The molecule has 3 heteroatoms. The van der Waals surface area contributed by atoms with Crippen molar-refractivity contribution in [3.63, 3.8) is 0 Å². The number of hydrogen-bond acceptors (Lipinski definition) is 2. The van der Waals surface area contributed by atoms with Crippen molar-refractivity contribution >= 4 is 10.9 Å². The van der Waals surface area contributed by atoms with Gasteiger partial charge in [0.2, 0.25) is 0 Å². The van der Waals surface area contributed by atoms with Gasteiger partial charge < -0.3 is 5.11 Å². The van der Waals surface area contributed by atoms with E-state index in [-0.39, 0.29) is 5.75 Å². The summed E-state index contributed by atoms with van der Waals surface area (Å²) < 4.78 is 1.88. The van der Waals surface area contributed by atoms with Crippen molar-refractivity contribution in [3.05, 3.63) is 23.9 Å². The van der Waals surface area contributed by atoms with Gasteiger partial charge in [-0.15, -0.1) is 0 Å². The van der Waals surface area contributed by atoms with Crippen LogP contribution in [0.1, 0.15) is 25.5 Å². The van der Waals surface area contributed by atoms with Gasteiger partial charge in [-0.2, -0.15) is 5.10 Å². The van der Waals surface area contributed by atoms with E-state index in [1.165, 1.54) is 5.69 Å². The number of hydrogen-bond donors (Lipinski definition) is 1. The number of aryl methyl sites for hydroxylation is 1. The van der Waals surface area contributed by atoms with Crippen LogP contribution >= 0.6 is 0 Å². The molecule has 2 rings (SSSR count). The minimum Gasteiger partial charge on any atom is -0.508 e. The molecule has 0 aliphatic rings. The number of fused-ring (bicyclic) bond motifs is 1. The van der Waals surface area contributed by atoms with E-state index in [1.54, 1.807) is 12.1 Å². The van der Waals surface area contributed by atoms with Crippen LogP contribution < -0.4 is 0 Å². The monoisotopic (exact) mass is 190 g/mol. The summed E-state index contributed by atoms with van der Waals surface area (Å²) in [5.41, 5.74) is 2.07. The van der Waals surface area contributed by atoms with Gasteiger partial charge in [0.25, 0.3) is 0 Å². The highest BCUT2D eigenvalue weighted by Gasteiger charge is 2.11. The van der Waals surface area contributed by atoms with Gasteiger partial charge in [-0.25, -0.2) is 0 Å². The molecule has 1 heterocycles. The summed E-state index contributed by atoms with van der Waals surface area (Å²) in [7, 11) is 1.94. The third-order valence-corrected chi connectivity index (χ3v) is 2.41. The maximum atomic E-state index is 9.32. The second kappa shape index (κ2) is 3.01. The Morgan fingerprint density at radius 2 is 2.07 bits per heavy atom. The van der Waals surface area contributed by atoms with Crippen molar-refractivity contribution in [1.82, 2.24) is 9.78 Å². The number of nitrogens with zero attached hydrogens (tertiary/aromatic N) is 2. The van der Waals surface area contributed by atoms with E-state index in [2.05, 4.69) is 18.9 Å². The molecular weight excluding hydrogens is 176 g/mol. The highest BCUT2D eigenvalue weighted by Crippen LogP contribution is 2.26. The summed E-state index contributed by atoms with van der Waals surface area (Å²) in [6.07, 6.45) is 0. The predicted molar refractivity (Wildman–Crippen MR) is 56.5 cm³/mol. The average Bonchev–Trinajstić information content (AvgIpc) is 2.39. The average molecular weight is 190 g/mol. The fourth-order valence-electron chi connectivity index (χ4n) is 1.89. The van der Waals surface area contributed by atoms with Crippen LogP contribution in [-0.4, -0.2) is 14.9 Å². The number of phenolic OH excluding ortho intramolecular Hbond substituents is 1. The minimum absolute atomic E-state index is 0.269. The second-order valence-electron chi connectivity index (χ2n) is 3.86. The van der Waals surface area contributed by atoms with Gasteiger partial charge in [0.15, 0.2) is 0 Å². The number of rotatable bonds is 1. The molecule has 1 aromatic carbocycles. The van der Waals surface area contributed by atoms with Crippen LogP contribution in [-0.2, 0) is 7.05 Å². The van der Waals surface area contributed by atoms with Crippen molar-refractivity contribution in [2.45, 2.75) is 19.8 Å². The third kappa shape index (κ3) is 1.25. The first-order chi connectivity index (χ1) is 6.59. The van der Waals surface area contributed by atoms with Gasteiger partial charge in [0, 0.05) is 24.2 Å². The first-order valence-corrected chi connectivity index (χ1v) is 4.75. The van der Waals surface area contributed by atoms with E-state index in [1.807, 2.05) is 17.8 Å². The molecule has 0 saturated heterocycles. The summed E-state index contributed by atoms with van der Waals surface area (Å²) in [5, 5.41) is 14.8. The lowest BCUT2D eigenvalue weighted by Gasteiger charge is -2.05. The number of aromatic hydroxyl groups is 1. The maximum Gasteiger partial charge on any atom is 0.117 e. The lowest BCUT2D eigenvalue weighted by molar-refractivity contribution is 0.476. The quantitative estimate of drug-likeness (QED) is 0.749. The highest BCUT2D eigenvalue weighted by atomic mass is 16.3. The van der Waals surface area contributed by atoms with Crippen LogP contribution in [0.25, 0.3) is 10.9 Å². The summed E-state index contributed by atoms with van der Waals surface area (Å²) in [5.74, 6) is 0.709. The molecule has 0 aliphatic heterocycles. The Labute approximate surface area is 83.0 Å². The molecule has 1 N–H and O–H groups in total. The Morgan fingerprint density at radius 1 is 1.36 bits per heavy atom. The SMILES string of the molecule is CC(C)c1c2ccc(O)cc2nn1C. The molecule has 0 saturated carbocycles. The molecule has 0 aliphatic carbocycles. The standard InChI is InChI=1S/C11H14N2O/c1-7(2)11-9-5-4-8(14)6-10(9)12-13(11)3/h4-7,14H,1-3H3. The number of aromatic nitrogens is 2. The van der Waals surface area contributed by atoms with E-state index in [0.29, 0.717) is 5.92 Å². The van der Waals surface area contributed by atoms with Gasteiger partial charge >= 0.3 is 0 Å². The zero-order valence-corrected chi connectivity index (χ0v) is 8.65. The minimum atomic E-state index is 0.269. The largest absolute Gasteiger partial charge is 0.508 e. The van der Waals surface area contributed by atoms with E-state index in [0.717, 1.165) is 10.9 Å². The molecule has 2 aromatic rings. The Kier molecular flexibility index (Phi) is 1.95. The van der Waals surface area contributed by atoms with Crippen LogP contribution in [0.5, 0.6) is 5.75 Å². The van der Waals surface area contributed by atoms with Gasteiger partial charge in [-0.05, 0) is 18.1 Å². The zero-order valence-electron chi connectivity index (χ0n) is 8.65. The number of benzene rings is 1. The van der Waals surface area contributed by atoms with Gasteiger partial charge in [0.1, 0.15) is 5.75 Å². The smallest absolute Gasteiger partial charge is 0.117 e. The molecule has 0 radical (unpaired) electrons. The fourth-order valence-corrected chi connectivity index (χ4v) is 1.89. The Morgan fingerprint density at radius 3 is 2.71 bits per heavy atom. The molecular formula is C11H14N2O. The first-order valence-electron chi connectivity index (χ1n) is 4.75. The van der Waals surface area contributed by atoms with Crippen molar-refractivity contribution in [2.75, 3.05) is 0 Å². The summed E-state index contributed by atoms with van der Waals surface area (Å²) in [6.45, 7) is 4.28. The molecule has 0 bridgehead atoms. The van der Waals surface area contributed by atoms with Crippen LogP contribution in [0, 0.1) is 0 Å². The maximum absolute atomic E-state index is 9.32. The molecule has 74 valence electrons. The lowest BCUT2D eigenvalue weighted by atomic mass is 10.1. The Balaban J connectivity index is 2.77. The van der Waals surface area contributed by atoms with Crippen molar-refractivity contribution in [3.8, 4) is 5.75 Å². The van der Waals surface area contributed by atoms with E-state index in [9.17, 15) is 5.11 Å². The van der Waals surface area contributed by atoms with Crippen LogP contribution in [0.3, 0.4) is 0 Å². The molecule has 0 fully saturated rings. The van der Waals surface area contributed by atoms with Crippen molar-refractivity contribution in [1.29, 1.82) is 0 Å². The summed E-state index contributed by atoms with van der Waals surface area (Å²) in [4.78, 5) is 0. The van der Waals surface area contributed by atoms with E-state index in [4.69, 9.17) is 0 Å². The van der Waals surface area contributed by atoms with Crippen LogP contribution in [0.4, 0.5) is 0 Å². The van der Waals surface area contributed by atoms with Gasteiger partial charge in [-0.3, -0.25) is 4.68 Å². The lowest BCUT2D eigenvalue weighted by Crippen LogP contribution is -1.99. The summed E-state index contributed by atoms with van der Waals surface area (Å²) in [6, 6.07) is 5.32. The van der Waals surface area contributed by atoms with Crippen molar-refractivity contribution in [2.24, 2.45) is 7.05 Å². The molecule has 0 atom stereocenters. The van der Waals surface area contributed by atoms with E-state index < -0.39 is 0 Å². The zero-order chi connectivity index (χ0) is 10.3. The number of phenols is 1. The van der Waals surface area contributed by atoms with Crippen LogP contribution in [0.15, 0.2) is 18.2 Å². The van der Waals surface area contributed by atoms with E-state index >= 15 is 0 Å². The first kappa shape index (κ1) is 9.06. The predicted octanol–water partition coefficient (Wildman–Crippen LogP) is 2.40. The topological polar surface area (TPSA) is 38.1 Å². The third-order valence-electron chi connectivity index (χ3n) is 2.41. The Bertz CT molecular complexity index is 471. The second-order valence-corrected chi connectivity index (χ2v) is 3.86. The van der Waals surface area contributed by atoms with Crippen LogP contribution in [0.2, 0.25) is 0 Å². The highest BCUT2D eigenvalue weighted by molar-refractivity contribution is 5.83. The van der Waals surface area contributed by atoms with Crippen molar-refractivity contribution < 1.29 is 5.11 Å².